The van der Waals surface area contributed by atoms with Crippen LogP contribution in [0.2, 0.25) is 10.0 Å². The highest BCUT2D eigenvalue weighted by Gasteiger charge is 2.18. The number of benzene rings is 3. The SMILES string of the molecule is CN(C)c1ccc(C(O)c2cc(Oc3c(Cl)cc(-n4ncc(=O)[nH]c4=O)cc3Cl)ccc2O)cc1. The van der Waals surface area contributed by atoms with Gasteiger partial charge in [0.15, 0.2) is 5.75 Å². The summed E-state index contributed by atoms with van der Waals surface area (Å²) >= 11 is 12.7. The Balaban J connectivity index is 1.64. The van der Waals surface area contributed by atoms with Crippen molar-refractivity contribution in [1.29, 1.82) is 0 Å². The quantitative estimate of drug-likeness (QED) is 0.357. The fourth-order valence-corrected chi connectivity index (χ4v) is 3.92. The predicted octanol–water partition coefficient (Wildman–Crippen LogP) is 3.87. The molecule has 11 heteroatoms. The summed E-state index contributed by atoms with van der Waals surface area (Å²) in [6.45, 7) is 0. The van der Waals surface area contributed by atoms with Gasteiger partial charge < -0.3 is 19.8 Å². The van der Waals surface area contributed by atoms with Gasteiger partial charge in [-0.1, -0.05) is 35.3 Å². The summed E-state index contributed by atoms with van der Waals surface area (Å²) in [5.74, 6) is 0.242. The highest BCUT2D eigenvalue weighted by atomic mass is 35.5. The number of hydrogen-bond donors (Lipinski definition) is 3. The minimum Gasteiger partial charge on any atom is -0.508 e. The summed E-state index contributed by atoms with van der Waals surface area (Å²) in [4.78, 5) is 27.3. The second-order valence-electron chi connectivity index (χ2n) is 7.80. The first-order valence-electron chi connectivity index (χ1n) is 10.3. The van der Waals surface area contributed by atoms with Gasteiger partial charge in [0.25, 0.3) is 5.56 Å². The third kappa shape index (κ3) is 5.17. The summed E-state index contributed by atoms with van der Waals surface area (Å²) in [7, 11) is 3.83. The van der Waals surface area contributed by atoms with E-state index < -0.39 is 17.4 Å². The smallest absolute Gasteiger partial charge is 0.349 e. The molecule has 0 aliphatic rings. The lowest BCUT2D eigenvalue weighted by Gasteiger charge is -2.17. The Kier molecular flexibility index (Phi) is 6.83. The molecule has 1 unspecified atom stereocenters. The second kappa shape index (κ2) is 9.83. The number of hydrogen-bond acceptors (Lipinski definition) is 7. The van der Waals surface area contributed by atoms with Crippen molar-refractivity contribution in [2.75, 3.05) is 19.0 Å². The van der Waals surface area contributed by atoms with Gasteiger partial charge in [0, 0.05) is 25.3 Å². The summed E-state index contributed by atoms with van der Waals surface area (Å²) in [5, 5.41) is 25.1. The number of aromatic amines is 1. The van der Waals surface area contributed by atoms with Crippen molar-refractivity contribution in [2.45, 2.75) is 6.10 Å². The van der Waals surface area contributed by atoms with E-state index in [-0.39, 0.29) is 38.5 Å². The lowest BCUT2D eigenvalue weighted by Crippen LogP contribution is -2.30. The molecule has 0 amide bonds. The number of ether oxygens (including phenoxy) is 1. The Bertz CT molecular complexity index is 1480. The topological polar surface area (TPSA) is 121 Å². The molecule has 0 radical (unpaired) electrons. The number of anilines is 1. The number of aromatic nitrogens is 3. The number of nitrogens with one attached hydrogen (secondary N) is 1. The van der Waals surface area contributed by atoms with Gasteiger partial charge in [-0.3, -0.25) is 9.78 Å². The molecule has 0 spiro atoms. The summed E-state index contributed by atoms with van der Waals surface area (Å²) in [5.41, 5.74) is 0.609. The van der Waals surface area contributed by atoms with E-state index in [0.717, 1.165) is 16.6 Å². The molecule has 0 aliphatic heterocycles. The maximum Gasteiger partial charge on any atom is 0.349 e. The molecule has 4 aromatic rings. The molecule has 180 valence electrons. The minimum absolute atomic E-state index is 0.0712. The van der Waals surface area contributed by atoms with Crippen LogP contribution in [0.3, 0.4) is 0 Å². The molecule has 1 atom stereocenters. The van der Waals surface area contributed by atoms with Crippen LogP contribution in [0.5, 0.6) is 17.2 Å². The first kappa shape index (κ1) is 24.3. The predicted molar refractivity (Wildman–Crippen MR) is 133 cm³/mol. The monoisotopic (exact) mass is 514 g/mol. The van der Waals surface area contributed by atoms with Crippen molar-refractivity contribution < 1.29 is 14.9 Å². The van der Waals surface area contributed by atoms with E-state index in [1.54, 1.807) is 12.1 Å². The van der Waals surface area contributed by atoms with Crippen LogP contribution in [0, 0.1) is 0 Å². The Morgan fingerprint density at radius 3 is 2.29 bits per heavy atom. The number of aliphatic hydroxyl groups is 1. The second-order valence-corrected chi connectivity index (χ2v) is 8.61. The molecule has 35 heavy (non-hydrogen) atoms. The fourth-order valence-electron chi connectivity index (χ4n) is 3.37. The molecule has 3 N–H and O–H groups in total. The lowest BCUT2D eigenvalue weighted by atomic mass is 10.00. The molecule has 0 aliphatic carbocycles. The minimum atomic E-state index is -1.11. The number of phenols is 1. The van der Waals surface area contributed by atoms with E-state index in [1.165, 1.54) is 30.3 Å². The van der Waals surface area contributed by atoms with Crippen LogP contribution >= 0.6 is 23.2 Å². The highest BCUT2D eigenvalue weighted by molar-refractivity contribution is 6.37. The van der Waals surface area contributed by atoms with Crippen LogP contribution in [0.15, 0.2) is 70.4 Å². The number of nitrogens with zero attached hydrogens (tertiary/aromatic N) is 3. The van der Waals surface area contributed by atoms with Crippen LogP contribution in [0.4, 0.5) is 5.69 Å². The van der Waals surface area contributed by atoms with E-state index in [2.05, 4.69) is 10.1 Å². The van der Waals surface area contributed by atoms with Crippen LogP contribution in [0.25, 0.3) is 5.69 Å². The normalized spacial score (nSPS) is 11.8. The average Bonchev–Trinajstić information content (AvgIpc) is 2.82. The fraction of sp³-hybridized carbons (Fsp3) is 0.125. The molecule has 3 aromatic carbocycles. The number of aliphatic hydroxyl groups excluding tert-OH is 1. The third-order valence-electron chi connectivity index (χ3n) is 5.18. The van der Waals surface area contributed by atoms with Gasteiger partial charge in [-0.15, -0.1) is 0 Å². The molecule has 0 bridgehead atoms. The number of H-pyrrole nitrogens is 1. The van der Waals surface area contributed by atoms with Crippen molar-refractivity contribution in [3.63, 3.8) is 0 Å². The largest absolute Gasteiger partial charge is 0.508 e. The van der Waals surface area contributed by atoms with Gasteiger partial charge >= 0.3 is 5.69 Å². The van der Waals surface area contributed by atoms with E-state index in [4.69, 9.17) is 27.9 Å². The van der Waals surface area contributed by atoms with E-state index in [0.29, 0.717) is 5.56 Å². The van der Waals surface area contributed by atoms with Crippen molar-refractivity contribution in [2.24, 2.45) is 0 Å². The first-order chi connectivity index (χ1) is 16.6. The number of aromatic hydroxyl groups is 1. The summed E-state index contributed by atoms with van der Waals surface area (Å²) in [6.07, 6.45) is -0.161. The molecule has 4 rings (SSSR count). The zero-order chi connectivity index (χ0) is 25.3. The standard InChI is InChI=1S/C24H20Cl2N4O5/c1-29(2)14-5-3-13(4-6-14)22(33)17-11-16(7-8-20(17)31)35-23-18(25)9-15(10-19(23)26)30-24(34)28-21(32)12-27-30/h3-12,22,31,33H,1-2H3,(H,28,32,34). The zero-order valence-electron chi connectivity index (χ0n) is 18.6. The molecule has 9 nitrogen and oxygen atoms in total. The number of rotatable bonds is 6. The van der Waals surface area contributed by atoms with Gasteiger partial charge in [0.05, 0.1) is 15.7 Å². The maximum atomic E-state index is 12.0. The Hall–Kier alpha value is -3.79. The zero-order valence-corrected chi connectivity index (χ0v) is 20.1. The molecular formula is C24H20Cl2N4O5. The number of phenolic OH excluding ortho intramolecular Hbond substituents is 1. The molecule has 1 aromatic heterocycles. The highest BCUT2D eigenvalue weighted by Crippen LogP contribution is 2.40. The summed E-state index contributed by atoms with van der Waals surface area (Å²) < 4.78 is 6.78. The van der Waals surface area contributed by atoms with E-state index in [1.807, 2.05) is 31.1 Å². The Labute approximate surface area is 209 Å². The van der Waals surface area contributed by atoms with E-state index in [9.17, 15) is 19.8 Å². The molecule has 0 saturated carbocycles. The van der Waals surface area contributed by atoms with Crippen molar-refractivity contribution in [3.8, 4) is 22.9 Å². The Morgan fingerprint density at radius 1 is 1.03 bits per heavy atom. The van der Waals surface area contributed by atoms with Gasteiger partial charge in [0.2, 0.25) is 0 Å². The molecule has 0 saturated heterocycles. The first-order valence-corrected chi connectivity index (χ1v) is 11.0. The van der Waals surface area contributed by atoms with Crippen molar-refractivity contribution >= 4 is 28.9 Å². The van der Waals surface area contributed by atoms with Crippen molar-refractivity contribution in [1.82, 2.24) is 14.8 Å². The molecule has 0 fully saturated rings. The van der Waals surface area contributed by atoms with Crippen LogP contribution in [-0.2, 0) is 0 Å². The van der Waals surface area contributed by atoms with Crippen LogP contribution in [-0.4, -0.2) is 39.1 Å². The van der Waals surface area contributed by atoms with Crippen molar-refractivity contribution in [3.05, 3.63) is 103 Å². The average molecular weight is 515 g/mol. The molecule has 1 heterocycles. The maximum absolute atomic E-state index is 12.0. The van der Waals surface area contributed by atoms with Gasteiger partial charge in [-0.25, -0.2) is 4.79 Å². The van der Waals surface area contributed by atoms with Gasteiger partial charge in [-0.05, 0) is 48.0 Å². The van der Waals surface area contributed by atoms with Gasteiger partial charge in [-0.2, -0.15) is 9.78 Å². The van der Waals surface area contributed by atoms with Crippen LogP contribution in [0.1, 0.15) is 17.2 Å². The Morgan fingerprint density at radius 2 is 1.69 bits per heavy atom. The lowest BCUT2D eigenvalue weighted by molar-refractivity contribution is 0.215. The number of halogens is 2. The summed E-state index contributed by atoms with van der Waals surface area (Å²) in [6, 6.07) is 14.4. The molecular weight excluding hydrogens is 495 g/mol. The van der Waals surface area contributed by atoms with Gasteiger partial charge in [0.1, 0.15) is 23.8 Å². The third-order valence-corrected chi connectivity index (χ3v) is 5.74. The van der Waals surface area contributed by atoms with E-state index >= 15 is 0 Å². The van der Waals surface area contributed by atoms with Crippen LogP contribution < -0.4 is 20.9 Å².